The van der Waals surface area contributed by atoms with E-state index in [4.69, 9.17) is 4.74 Å². The Morgan fingerprint density at radius 1 is 1.00 bits per heavy atom. The van der Waals surface area contributed by atoms with E-state index in [9.17, 15) is 13.5 Å². The number of rotatable bonds is 5. The first-order chi connectivity index (χ1) is 13.5. The fraction of sp³-hybridized carbons (Fsp3) is 0.0952. The molecule has 0 aliphatic carbocycles. The molecule has 2 heterocycles. The van der Waals surface area contributed by atoms with Gasteiger partial charge in [-0.05, 0) is 48.5 Å². The molecular weight excluding hydrogens is 376 g/mol. The topological polar surface area (TPSA) is 81.4 Å². The predicted molar refractivity (Wildman–Crippen MR) is 106 cm³/mol. The molecule has 142 valence electrons. The fourth-order valence-electron chi connectivity index (χ4n) is 3.16. The van der Waals surface area contributed by atoms with E-state index in [0.717, 1.165) is 0 Å². The van der Waals surface area contributed by atoms with Crippen LogP contribution in [0.1, 0.15) is 17.5 Å². The molecule has 0 unspecified atom stereocenters. The fourth-order valence-corrected chi connectivity index (χ4v) is 4.73. The summed E-state index contributed by atoms with van der Waals surface area (Å²) in [6.07, 6.45) is 0.346. The van der Waals surface area contributed by atoms with Gasteiger partial charge in [0.1, 0.15) is 11.9 Å². The second kappa shape index (κ2) is 7.10. The van der Waals surface area contributed by atoms with Gasteiger partial charge >= 0.3 is 0 Å². The molecule has 0 bridgehead atoms. The largest absolute Gasteiger partial charge is 0.497 e. The quantitative estimate of drug-likeness (QED) is 0.561. The summed E-state index contributed by atoms with van der Waals surface area (Å²) in [5.41, 5.74) is 1.03. The summed E-state index contributed by atoms with van der Waals surface area (Å²) in [6, 6.07) is 20.0. The van der Waals surface area contributed by atoms with Crippen molar-refractivity contribution < 1.29 is 18.3 Å². The van der Waals surface area contributed by atoms with Crippen molar-refractivity contribution in [3.63, 3.8) is 0 Å². The maximum atomic E-state index is 13.4. The Morgan fingerprint density at radius 3 is 2.43 bits per heavy atom. The SMILES string of the molecule is COc1ccc2c(c1)cc([C@@H](O)c1ccccn1)n2S(=O)(=O)c1ccccc1. The lowest BCUT2D eigenvalue weighted by Gasteiger charge is -2.16. The van der Waals surface area contributed by atoms with Crippen LogP contribution >= 0.6 is 0 Å². The second-order valence-electron chi connectivity index (χ2n) is 6.23. The van der Waals surface area contributed by atoms with Crippen LogP contribution in [0.25, 0.3) is 10.9 Å². The summed E-state index contributed by atoms with van der Waals surface area (Å²) in [5, 5.41) is 11.6. The highest BCUT2D eigenvalue weighted by molar-refractivity contribution is 7.90. The van der Waals surface area contributed by atoms with Gasteiger partial charge in [-0.25, -0.2) is 12.4 Å². The van der Waals surface area contributed by atoms with Crippen molar-refractivity contribution in [1.29, 1.82) is 0 Å². The van der Waals surface area contributed by atoms with E-state index in [2.05, 4.69) is 4.98 Å². The molecule has 0 radical (unpaired) electrons. The normalized spacial score (nSPS) is 12.8. The second-order valence-corrected chi connectivity index (χ2v) is 8.02. The van der Waals surface area contributed by atoms with E-state index in [1.54, 1.807) is 74.0 Å². The molecule has 4 aromatic rings. The lowest BCUT2D eigenvalue weighted by molar-refractivity contribution is 0.210. The minimum Gasteiger partial charge on any atom is -0.497 e. The standard InChI is InChI=1S/C21H18N2O4S/c1-27-16-10-11-19-15(13-16)14-20(21(24)18-9-5-6-12-22-18)23(19)28(25,26)17-7-3-2-4-8-17/h2-14,21,24H,1H3/t21-/m0/s1. The van der Waals surface area contributed by atoms with Crippen LogP contribution in [-0.4, -0.2) is 29.6 Å². The number of methoxy groups -OCH3 is 1. The van der Waals surface area contributed by atoms with Gasteiger partial charge in [0.15, 0.2) is 0 Å². The summed E-state index contributed by atoms with van der Waals surface area (Å²) in [5.74, 6) is 0.598. The number of fused-ring (bicyclic) bond motifs is 1. The van der Waals surface area contributed by atoms with E-state index >= 15 is 0 Å². The zero-order valence-electron chi connectivity index (χ0n) is 15.1. The summed E-state index contributed by atoms with van der Waals surface area (Å²) < 4.78 is 33.3. The molecule has 0 saturated carbocycles. The molecule has 0 aliphatic heterocycles. The molecule has 0 amide bonds. The van der Waals surface area contributed by atoms with Crippen molar-refractivity contribution in [3.05, 3.63) is 90.4 Å². The Labute approximate surface area is 162 Å². The molecule has 0 fully saturated rings. The highest BCUT2D eigenvalue weighted by Crippen LogP contribution is 2.33. The number of pyridine rings is 1. The van der Waals surface area contributed by atoms with Crippen LogP contribution in [0, 0.1) is 0 Å². The molecular formula is C21H18N2O4S. The minimum absolute atomic E-state index is 0.137. The van der Waals surface area contributed by atoms with Crippen LogP contribution in [-0.2, 0) is 10.0 Å². The first-order valence-corrected chi connectivity index (χ1v) is 10.1. The minimum atomic E-state index is -3.94. The third kappa shape index (κ3) is 3.04. The summed E-state index contributed by atoms with van der Waals surface area (Å²) in [7, 11) is -2.39. The van der Waals surface area contributed by atoms with Crippen molar-refractivity contribution in [3.8, 4) is 5.75 Å². The number of aliphatic hydroxyl groups excluding tert-OH is 1. The van der Waals surface area contributed by atoms with E-state index < -0.39 is 16.1 Å². The monoisotopic (exact) mass is 394 g/mol. The number of ether oxygens (including phenoxy) is 1. The van der Waals surface area contributed by atoms with Crippen LogP contribution in [0.2, 0.25) is 0 Å². The smallest absolute Gasteiger partial charge is 0.268 e. The van der Waals surface area contributed by atoms with Crippen LogP contribution in [0.15, 0.2) is 83.9 Å². The highest BCUT2D eigenvalue weighted by atomic mass is 32.2. The summed E-state index contributed by atoms with van der Waals surface area (Å²) >= 11 is 0. The lowest BCUT2D eigenvalue weighted by Crippen LogP contribution is -2.18. The summed E-state index contributed by atoms with van der Waals surface area (Å²) in [4.78, 5) is 4.31. The van der Waals surface area contributed by atoms with Gasteiger partial charge in [-0.1, -0.05) is 24.3 Å². The molecule has 0 aliphatic rings. The van der Waals surface area contributed by atoms with E-state index in [0.29, 0.717) is 22.3 Å². The van der Waals surface area contributed by atoms with Crippen molar-refractivity contribution in [2.24, 2.45) is 0 Å². The molecule has 4 rings (SSSR count). The number of nitrogens with zero attached hydrogens (tertiary/aromatic N) is 2. The molecule has 2 aromatic carbocycles. The Kier molecular flexibility index (Phi) is 4.62. The molecule has 28 heavy (non-hydrogen) atoms. The zero-order chi connectivity index (χ0) is 19.7. The zero-order valence-corrected chi connectivity index (χ0v) is 15.9. The molecule has 2 aromatic heterocycles. The van der Waals surface area contributed by atoms with Gasteiger partial charge in [-0.15, -0.1) is 0 Å². The average molecular weight is 394 g/mol. The third-order valence-electron chi connectivity index (χ3n) is 4.52. The molecule has 0 saturated heterocycles. The molecule has 1 atom stereocenters. The van der Waals surface area contributed by atoms with Crippen LogP contribution in [0.5, 0.6) is 5.75 Å². The van der Waals surface area contributed by atoms with Crippen LogP contribution in [0.3, 0.4) is 0 Å². The van der Waals surface area contributed by atoms with Gasteiger partial charge in [0.05, 0.1) is 28.9 Å². The van der Waals surface area contributed by atoms with E-state index in [1.165, 1.54) is 16.1 Å². The molecule has 6 nitrogen and oxygen atoms in total. The average Bonchev–Trinajstić information content (AvgIpc) is 3.13. The van der Waals surface area contributed by atoms with Crippen LogP contribution in [0.4, 0.5) is 0 Å². The highest BCUT2D eigenvalue weighted by Gasteiger charge is 2.27. The third-order valence-corrected chi connectivity index (χ3v) is 6.28. The Bertz CT molecular complexity index is 1220. The van der Waals surface area contributed by atoms with Crippen LogP contribution < -0.4 is 4.74 Å². The van der Waals surface area contributed by atoms with Gasteiger partial charge in [-0.2, -0.15) is 0 Å². The number of hydrogen-bond donors (Lipinski definition) is 1. The predicted octanol–water partition coefficient (Wildman–Crippen LogP) is 3.36. The van der Waals surface area contributed by atoms with Gasteiger partial charge < -0.3 is 9.84 Å². The first kappa shape index (κ1) is 18.2. The Balaban J connectivity index is 2.00. The molecule has 7 heteroatoms. The number of aromatic nitrogens is 2. The molecule has 0 spiro atoms. The summed E-state index contributed by atoms with van der Waals surface area (Å²) in [6.45, 7) is 0. The van der Waals surface area contributed by atoms with Crippen molar-refractivity contribution in [2.75, 3.05) is 7.11 Å². The first-order valence-electron chi connectivity index (χ1n) is 8.61. The van der Waals surface area contributed by atoms with Crippen molar-refractivity contribution in [1.82, 2.24) is 8.96 Å². The Morgan fingerprint density at radius 2 is 1.75 bits per heavy atom. The van der Waals surface area contributed by atoms with E-state index in [-0.39, 0.29) is 10.6 Å². The van der Waals surface area contributed by atoms with E-state index in [1.807, 2.05) is 0 Å². The maximum absolute atomic E-state index is 13.4. The van der Waals surface area contributed by atoms with Gasteiger partial charge in [0, 0.05) is 11.6 Å². The van der Waals surface area contributed by atoms with Gasteiger partial charge in [0.2, 0.25) is 0 Å². The lowest BCUT2D eigenvalue weighted by atomic mass is 10.1. The Hall–Kier alpha value is -3.16. The number of benzene rings is 2. The van der Waals surface area contributed by atoms with Gasteiger partial charge in [0.25, 0.3) is 10.0 Å². The van der Waals surface area contributed by atoms with Crippen molar-refractivity contribution in [2.45, 2.75) is 11.0 Å². The molecule has 1 N–H and O–H groups in total. The van der Waals surface area contributed by atoms with Crippen molar-refractivity contribution >= 4 is 20.9 Å². The van der Waals surface area contributed by atoms with Gasteiger partial charge in [-0.3, -0.25) is 4.98 Å². The number of aliphatic hydroxyl groups is 1. The maximum Gasteiger partial charge on any atom is 0.268 e. The number of hydrogen-bond acceptors (Lipinski definition) is 5.